The molecule has 104 valence electrons. The summed E-state index contributed by atoms with van der Waals surface area (Å²) in [5.74, 6) is -0.295. The van der Waals surface area contributed by atoms with Crippen LogP contribution in [0.5, 0.6) is 0 Å². The number of carbonyl (C=O) groups is 2. The van der Waals surface area contributed by atoms with Gasteiger partial charge >= 0.3 is 0 Å². The molecule has 0 saturated heterocycles. The van der Waals surface area contributed by atoms with Crippen LogP contribution in [-0.2, 0) is 4.79 Å². The van der Waals surface area contributed by atoms with Gasteiger partial charge in [-0.25, -0.2) is 4.39 Å². The SMILES string of the molecule is CC(C)CNC(=O)CN(C)c1ccc(C=O)cc1F. The van der Waals surface area contributed by atoms with Gasteiger partial charge in [0.1, 0.15) is 12.1 Å². The van der Waals surface area contributed by atoms with Crippen molar-refractivity contribution in [3.05, 3.63) is 29.6 Å². The van der Waals surface area contributed by atoms with E-state index in [1.807, 2.05) is 13.8 Å². The third kappa shape index (κ3) is 4.69. The van der Waals surface area contributed by atoms with Crippen LogP contribution in [0, 0.1) is 11.7 Å². The second-order valence-corrected chi connectivity index (χ2v) is 4.88. The first-order valence-corrected chi connectivity index (χ1v) is 6.16. The Labute approximate surface area is 112 Å². The summed E-state index contributed by atoms with van der Waals surface area (Å²) < 4.78 is 13.7. The molecule has 19 heavy (non-hydrogen) atoms. The zero-order valence-corrected chi connectivity index (χ0v) is 11.4. The van der Waals surface area contributed by atoms with Crippen molar-refractivity contribution in [1.29, 1.82) is 0 Å². The van der Waals surface area contributed by atoms with Crippen molar-refractivity contribution in [3.8, 4) is 0 Å². The van der Waals surface area contributed by atoms with Gasteiger partial charge in [0.2, 0.25) is 5.91 Å². The van der Waals surface area contributed by atoms with E-state index >= 15 is 0 Å². The first-order valence-electron chi connectivity index (χ1n) is 6.16. The highest BCUT2D eigenvalue weighted by molar-refractivity contribution is 5.81. The largest absolute Gasteiger partial charge is 0.363 e. The van der Waals surface area contributed by atoms with E-state index in [-0.39, 0.29) is 18.0 Å². The van der Waals surface area contributed by atoms with Crippen molar-refractivity contribution < 1.29 is 14.0 Å². The monoisotopic (exact) mass is 266 g/mol. The Morgan fingerprint density at radius 3 is 2.68 bits per heavy atom. The lowest BCUT2D eigenvalue weighted by molar-refractivity contribution is -0.119. The van der Waals surface area contributed by atoms with Gasteiger partial charge in [-0.3, -0.25) is 9.59 Å². The smallest absolute Gasteiger partial charge is 0.239 e. The second kappa shape index (κ2) is 6.87. The van der Waals surface area contributed by atoms with Gasteiger partial charge in [-0.05, 0) is 24.1 Å². The van der Waals surface area contributed by atoms with Gasteiger partial charge in [-0.15, -0.1) is 0 Å². The predicted octanol–water partition coefficient (Wildman–Crippen LogP) is 1.85. The first-order chi connectivity index (χ1) is 8.93. The minimum Gasteiger partial charge on any atom is -0.363 e. The molecular weight excluding hydrogens is 247 g/mol. The Balaban J connectivity index is 2.65. The number of hydrogen-bond donors (Lipinski definition) is 1. The lowest BCUT2D eigenvalue weighted by atomic mass is 10.2. The molecule has 0 aliphatic heterocycles. The normalized spacial score (nSPS) is 10.4. The standard InChI is InChI=1S/C14H19FN2O2/c1-10(2)7-16-14(19)8-17(3)13-5-4-11(9-18)6-12(13)15/h4-6,9-10H,7-8H2,1-3H3,(H,16,19). The summed E-state index contributed by atoms with van der Waals surface area (Å²) in [5.41, 5.74) is 0.573. The molecule has 0 unspecified atom stereocenters. The van der Waals surface area contributed by atoms with Gasteiger partial charge in [0.15, 0.2) is 0 Å². The van der Waals surface area contributed by atoms with Crippen molar-refractivity contribution in [1.82, 2.24) is 5.32 Å². The van der Waals surface area contributed by atoms with Crippen LogP contribution in [-0.4, -0.2) is 32.3 Å². The van der Waals surface area contributed by atoms with Crippen LogP contribution < -0.4 is 10.2 Å². The van der Waals surface area contributed by atoms with Crippen LogP contribution >= 0.6 is 0 Å². The number of nitrogens with one attached hydrogen (secondary N) is 1. The van der Waals surface area contributed by atoms with Crippen LogP contribution in [0.25, 0.3) is 0 Å². The molecule has 0 bridgehead atoms. The van der Waals surface area contributed by atoms with E-state index < -0.39 is 5.82 Å². The van der Waals surface area contributed by atoms with Crippen LogP contribution in [0.1, 0.15) is 24.2 Å². The Kier molecular flexibility index (Phi) is 5.48. The summed E-state index contributed by atoms with van der Waals surface area (Å²) in [4.78, 5) is 23.7. The molecule has 0 atom stereocenters. The predicted molar refractivity (Wildman–Crippen MR) is 72.9 cm³/mol. The number of aldehydes is 1. The zero-order chi connectivity index (χ0) is 14.4. The summed E-state index contributed by atoms with van der Waals surface area (Å²) >= 11 is 0. The maximum atomic E-state index is 13.7. The highest BCUT2D eigenvalue weighted by Crippen LogP contribution is 2.18. The maximum Gasteiger partial charge on any atom is 0.239 e. The number of amides is 1. The van der Waals surface area contributed by atoms with Gasteiger partial charge < -0.3 is 10.2 Å². The molecular formula is C14H19FN2O2. The average molecular weight is 266 g/mol. The minimum atomic E-state index is -0.510. The lowest BCUT2D eigenvalue weighted by Gasteiger charge is -2.20. The number of anilines is 1. The van der Waals surface area contributed by atoms with Gasteiger partial charge in [-0.1, -0.05) is 13.8 Å². The molecule has 0 aliphatic carbocycles. The molecule has 1 amide bonds. The summed E-state index contributed by atoms with van der Waals surface area (Å²) in [6.45, 7) is 4.67. The van der Waals surface area contributed by atoms with Crippen molar-refractivity contribution in [3.63, 3.8) is 0 Å². The van der Waals surface area contributed by atoms with Crippen molar-refractivity contribution in [2.24, 2.45) is 5.92 Å². The van der Waals surface area contributed by atoms with E-state index in [9.17, 15) is 14.0 Å². The number of rotatable bonds is 6. The molecule has 1 N–H and O–H groups in total. The molecule has 0 heterocycles. The Morgan fingerprint density at radius 2 is 2.16 bits per heavy atom. The molecule has 1 rings (SSSR count). The van der Waals surface area contributed by atoms with Crippen LogP contribution in [0.4, 0.5) is 10.1 Å². The Morgan fingerprint density at radius 1 is 1.47 bits per heavy atom. The third-order valence-corrected chi connectivity index (χ3v) is 2.61. The fourth-order valence-corrected chi connectivity index (χ4v) is 1.58. The van der Waals surface area contributed by atoms with Gasteiger partial charge in [0.25, 0.3) is 0 Å². The number of carbonyl (C=O) groups excluding carboxylic acids is 2. The number of benzene rings is 1. The highest BCUT2D eigenvalue weighted by atomic mass is 19.1. The van der Waals surface area contributed by atoms with Gasteiger partial charge in [0.05, 0.1) is 12.2 Å². The quantitative estimate of drug-likeness (QED) is 0.799. The summed E-state index contributed by atoms with van der Waals surface area (Å²) in [6, 6.07) is 4.17. The summed E-state index contributed by atoms with van der Waals surface area (Å²) in [5, 5.41) is 2.77. The minimum absolute atomic E-state index is 0.0735. The average Bonchev–Trinajstić information content (AvgIpc) is 2.35. The molecule has 0 fully saturated rings. The molecule has 0 aliphatic rings. The number of likely N-dealkylation sites (N-methyl/N-ethyl adjacent to an activating group) is 1. The molecule has 1 aromatic carbocycles. The molecule has 5 heteroatoms. The molecule has 1 aromatic rings. The zero-order valence-electron chi connectivity index (χ0n) is 11.4. The van der Waals surface area contributed by atoms with E-state index in [0.29, 0.717) is 24.4 Å². The van der Waals surface area contributed by atoms with Crippen LogP contribution in [0.15, 0.2) is 18.2 Å². The van der Waals surface area contributed by atoms with Crippen molar-refractivity contribution >= 4 is 17.9 Å². The molecule has 0 radical (unpaired) electrons. The molecule has 0 aromatic heterocycles. The number of nitrogens with zero attached hydrogens (tertiary/aromatic N) is 1. The Bertz CT molecular complexity index is 461. The van der Waals surface area contributed by atoms with Crippen LogP contribution in [0.2, 0.25) is 0 Å². The van der Waals surface area contributed by atoms with Crippen molar-refractivity contribution in [2.45, 2.75) is 13.8 Å². The summed E-state index contributed by atoms with van der Waals surface area (Å²) in [6.07, 6.45) is 0.586. The number of halogens is 1. The molecule has 4 nitrogen and oxygen atoms in total. The van der Waals surface area contributed by atoms with E-state index in [1.165, 1.54) is 17.0 Å². The van der Waals surface area contributed by atoms with E-state index in [1.54, 1.807) is 7.05 Å². The van der Waals surface area contributed by atoms with Gasteiger partial charge in [0, 0.05) is 19.2 Å². The second-order valence-electron chi connectivity index (χ2n) is 4.88. The highest BCUT2D eigenvalue weighted by Gasteiger charge is 2.12. The van der Waals surface area contributed by atoms with E-state index in [4.69, 9.17) is 0 Å². The fourth-order valence-electron chi connectivity index (χ4n) is 1.58. The number of hydrogen-bond acceptors (Lipinski definition) is 3. The first kappa shape index (κ1) is 15.1. The van der Waals surface area contributed by atoms with Gasteiger partial charge in [-0.2, -0.15) is 0 Å². The Hall–Kier alpha value is -1.91. The van der Waals surface area contributed by atoms with E-state index in [0.717, 1.165) is 6.07 Å². The van der Waals surface area contributed by atoms with Crippen molar-refractivity contribution in [2.75, 3.05) is 25.0 Å². The third-order valence-electron chi connectivity index (χ3n) is 2.61. The molecule has 0 saturated carbocycles. The van der Waals surface area contributed by atoms with E-state index in [2.05, 4.69) is 5.32 Å². The lowest BCUT2D eigenvalue weighted by Crippen LogP contribution is -2.37. The fraction of sp³-hybridized carbons (Fsp3) is 0.429. The topological polar surface area (TPSA) is 49.4 Å². The van der Waals surface area contributed by atoms with Crippen LogP contribution in [0.3, 0.4) is 0 Å². The summed E-state index contributed by atoms with van der Waals surface area (Å²) in [7, 11) is 1.63. The molecule has 0 spiro atoms. The maximum absolute atomic E-state index is 13.7.